The van der Waals surface area contributed by atoms with Crippen molar-refractivity contribution < 1.29 is 4.79 Å². The van der Waals surface area contributed by atoms with Crippen molar-refractivity contribution in [2.24, 2.45) is 5.92 Å². The summed E-state index contributed by atoms with van der Waals surface area (Å²) in [5.41, 5.74) is 0.811. The Labute approximate surface area is 156 Å². The van der Waals surface area contributed by atoms with Gasteiger partial charge < -0.3 is 5.32 Å². The van der Waals surface area contributed by atoms with Crippen LogP contribution in [0, 0.1) is 5.92 Å². The predicted molar refractivity (Wildman–Crippen MR) is 99.0 cm³/mol. The number of aromatic nitrogens is 4. The molecule has 2 aromatic rings. The Morgan fingerprint density at radius 3 is 2.76 bits per heavy atom. The van der Waals surface area contributed by atoms with Crippen LogP contribution in [0.15, 0.2) is 29.4 Å². The molecule has 1 saturated carbocycles. The van der Waals surface area contributed by atoms with Crippen LogP contribution in [0.25, 0.3) is 5.69 Å². The SMILES string of the molecule is C[C@@H](Sc1nnnn1-c1ccc(Cl)cc1)C(=O)N[C@@H]1CCCC[C@@H]1C. The summed E-state index contributed by atoms with van der Waals surface area (Å²) < 4.78 is 1.62. The van der Waals surface area contributed by atoms with Crippen LogP contribution in [-0.4, -0.2) is 37.4 Å². The Hall–Kier alpha value is -1.60. The number of carbonyl (C=O) groups excluding carboxylic acids is 1. The van der Waals surface area contributed by atoms with E-state index in [1.807, 2.05) is 19.1 Å². The second-order valence-electron chi connectivity index (χ2n) is 6.49. The van der Waals surface area contributed by atoms with E-state index in [0.717, 1.165) is 12.1 Å². The van der Waals surface area contributed by atoms with Gasteiger partial charge in [0.25, 0.3) is 0 Å². The monoisotopic (exact) mass is 379 g/mol. The van der Waals surface area contributed by atoms with E-state index in [-0.39, 0.29) is 17.2 Å². The van der Waals surface area contributed by atoms with E-state index in [0.29, 0.717) is 16.1 Å². The Bertz CT molecular complexity index is 720. The molecule has 1 aliphatic carbocycles. The highest BCUT2D eigenvalue weighted by molar-refractivity contribution is 8.00. The maximum absolute atomic E-state index is 12.5. The number of amides is 1. The van der Waals surface area contributed by atoms with Gasteiger partial charge in [0.15, 0.2) is 0 Å². The summed E-state index contributed by atoms with van der Waals surface area (Å²) in [4.78, 5) is 12.5. The number of tetrazole rings is 1. The first kappa shape index (κ1) is 18.2. The van der Waals surface area contributed by atoms with Gasteiger partial charge in [-0.3, -0.25) is 4.79 Å². The molecule has 3 atom stereocenters. The average Bonchev–Trinajstić information content (AvgIpc) is 3.05. The van der Waals surface area contributed by atoms with Gasteiger partial charge in [-0.15, -0.1) is 5.10 Å². The van der Waals surface area contributed by atoms with Crippen LogP contribution in [0.2, 0.25) is 5.02 Å². The van der Waals surface area contributed by atoms with E-state index in [1.165, 1.54) is 31.0 Å². The molecular formula is C17H22ClN5OS. The summed E-state index contributed by atoms with van der Waals surface area (Å²) in [6.07, 6.45) is 4.69. The summed E-state index contributed by atoms with van der Waals surface area (Å²) in [6.45, 7) is 4.09. The van der Waals surface area contributed by atoms with Crippen LogP contribution < -0.4 is 5.32 Å². The quantitative estimate of drug-likeness (QED) is 0.805. The second kappa shape index (κ2) is 8.19. The number of carbonyl (C=O) groups is 1. The minimum atomic E-state index is -0.272. The number of halogens is 1. The van der Waals surface area contributed by atoms with Crippen LogP contribution in [-0.2, 0) is 4.79 Å². The van der Waals surface area contributed by atoms with Crippen molar-refractivity contribution in [1.82, 2.24) is 25.5 Å². The van der Waals surface area contributed by atoms with Gasteiger partial charge >= 0.3 is 0 Å². The van der Waals surface area contributed by atoms with E-state index >= 15 is 0 Å². The van der Waals surface area contributed by atoms with Gasteiger partial charge in [0.1, 0.15) is 0 Å². The minimum Gasteiger partial charge on any atom is -0.352 e. The highest BCUT2D eigenvalue weighted by atomic mass is 35.5. The summed E-state index contributed by atoms with van der Waals surface area (Å²) in [5.74, 6) is 0.573. The molecule has 1 N–H and O–H groups in total. The molecule has 0 radical (unpaired) electrons. The van der Waals surface area contributed by atoms with Gasteiger partial charge in [-0.1, -0.05) is 43.1 Å². The molecule has 134 valence electrons. The smallest absolute Gasteiger partial charge is 0.233 e. The van der Waals surface area contributed by atoms with Crippen molar-refractivity contribution >= 4 is 29.3 Å². The molecule has 1 aromatic carbocycles. The van der Waals surface area contributed by atoms with Crippen molar-refractivity contribution in [3.63, 3.8) is 0 Å². The number of nitrogens with one attached hydrogen (secondary N) is 1. The second-order valence-corrected chi connectivity index (χ2v) is 8.23. The highest BCUT2D eigenvalue weighted by Crippen LogP contribution is 2.26. The third-order valence-corrected chi connectivity index (χ3v) is 5.89. The summed E-state index contributed by atoms with van der Waals surface area (Å²) in [6, 6.07) is 7.53. The third kappa shape index (κ3) is 4.52. The Balaban J connectivity index is 1.65. The van der Waals surface area contributed by atoms with Gasteiger partial charge in [-0.2, -0.15) is 4.68 Å². The number of nitrogens with zero attached hydrogens (tertiary/aromatic N) is 4. The van der Waals surface area contributed by atoms with E-state index in [1.54, 1.807) is 16.8 Å². The van der Waals surface area contributed by atoms with Crippen molar-refractivity contribution in [3.05, 3.63) is 29.3 Å². The highest BCUT2D eigenvalue weighted by Gasteiger charge is 2.26. The van der Waals surface area contributed by atoms with E-state index in [4.69, 9.17) is 11.6 Å². The normalized spacial score (nSPS) is 21.7. The van der Waals surface area contributed by atoms with E-state index < -0.39 is 0 Å². The van der Waals surface area contributed by atoms with Crippen LogP contribution in [0.5, 0.6) is 0 Å². The maximum atomic E-state index is 12.5. The molecule has 0 aliphatic heterocycles. The van der Waals surface area contributed by atoms with Gasteiger partial charge in [0.05, 0.1) is 10.9 Å². The molecule has 0 saturated heterocycles. The van der Waals surface area contributed by atoms with E-state index in [9.17, 15) is 4.79 Å². The standard InChI is InChI=1S/C17H22ClN5OS/c1-11-5-3-4-6-15(11)19-16(24)12(2)25-17-20-21-22-23(17)14-9-7-13(18)8-10-14/h7-12,15H,3-6H2,1-2H3,(H,19,24)/t11-,12+,15+/m0/s1. The molecule has 25 heavy (non-hydrogen) atoms. The van der Waals surface area contributed by atoms with Crippen LogP contribution in [0.3, 0.4) is 0 Å². The molecular weight excluding hydrogens is 358 g/mol. The van der Waals surface area contributed by atoms with Gasteiger partial charge in [0.2, 0.25) is 11.1 Å². The molecule has 1 amide bonds. The summed E-state index contributed by atoms with van der Waals surface area (Å²) in [5, 5.41) is 16.0. The molecule has 6 nitrogen and oxygen atoms in total. The molecule has 1 fully saturated rings. The lowest BCUT2D eigenvalue weighted by Gasteiger charge is -2.30. The first-order valence-electron chi connectivity index (χ1n) is 8.56. The zero-order valence-corrected chi connectivity index (χ0v) is 15.9. The average molecular weight is 380 g/mol. The van der Waals surface area contributed by atoms with Crippen molar-refractivity contribution in [3.8, 4) is 5.69 Å². The lowest BCUT2D eigenvalue weighted by Crippen LogP contribution is -2.44. The van der Waals surface area contributed by atoms with Gasteiger partial charge in [-0.25, -0.2) is 0 Å². The zero-order chi connectivity index (χ0) is 17.8. The van der Waals surface area contributed by atoms with Crippen molar-refractivity contribution in [2.45, 2.75) is 56.0 Å². The van der Waals surface area contributed by atoms with E-state index in [2.05, 4.69) is 27.8 Å². The molecule has 0 unspecified atom stereocenters. The number of rotatable bonds is 5. The molecule has 1 heterocycles. The molecule has 8 heteroatoms. The topological polar surface area (TPSA) is 72.7 Å². The Morgan fingerprint density at radius 2 is 2.04 bits per heavy atom. The molecule has 0 spiro atoms. The zero-order valence-electron chi connectivity index (χ0n) is 14.4. The summed E-state index contributed by atoms with van der Waals surface area (Å²) in [7, 11) is 0. The number of hydrogen-bond acceptors (Lipinski definition) is 5. The summed E-state index contributed by atoms with van der Waals surface area (Å²) >= 11 is 7.28. The van der Waals surface area contributed by atoms with Crippen LogP contribution in [0.4, 0.5) is 0 Å². The lowest BCUT2D eigenvalue weighted by molar-refractivity contribution is -0.121. The Morgan fingerprint density at radius 1 is 1.32 bits per heavy atom. The largest absolute Gasteiger partial charge is 0.352 e. The van der Waals surface area contributed by atoms with Crippen molar-refractivity contribution in [2.75, 3.05) is 0 Å². The minimum absolute atomic E-state index is 0.0365. The third-order valence-electron chi connectivity index (χ3n) is 4.60. The van der Waals surface area contributed by atoms with Crippen molar-refractivity contribution in [1.29, 1.82) is 0 Å². The fourth-order valence-corrected chi connectivity index (χ4v) is 3.98. The fourth-order valence-electron chi connectivity index (χ4n) is 3.04. The fraction of sp³-hybridized carbons (Fsp3) is 0.529. The predicted octanol–water partition coefficient (Wildman–Crippen LogP) is 3.49. The van der Waals surface area contributed by atoms with Gasteiger partial charge in [-0.05, 0) is 60.4 Å². The molecule has 1 aromatic heterocycles. The van der Waals surface area contributed by atoms with Gasteiger partial charge in [0, 0.05) is 11.1 Å². The maximum Gasteiger partial charge on any atom is 0.233 e. The lowest BCUT2D eigenvalue weighted by atomic mass is 9.86. The molecule has 1 aliphatic rings. The number of benzene rings is 1. The first-order chi connectivity index (χ1) is 12.0. The first-order valence-corrected chi connectivity index (χ1v) is 9.81. The molecule has 3 rings (SSSR count). The van der Waals surface area contributed by atoms with Crippen LogP contribution >= 0.6 is 23.4 Å². The Kier molecular flexibility index (Phi) is 5.96. The van der Waals surface area contributed by atoms with Crippen LogP contribution in [0.1, 0.15) is 39.5 Å². The number of thioether (sulfide) groups is 1. The number of hydrogen-bond donors (Lipinski definition) is 1. The molecule has 0 bridgehead atoms.